The Balaban J connectivity index is 1.56. The van der Waals surface area contributed by atoms with E-state index in [2.05, 4.69) is 14.9 Å². The molecule has 0 saturated heterocycles. The Bertz CT molecular complexity index is 700. The first-order valence-electron chi connectivity index (χ1n) is 7.89. The summed E-state index contributed by atoms with van der Waals surface area (Å²) in [6, 6.07) is 4.71. The van der Waals surface area contributed by atoms with Crippen LogP contribution in [0.1, 0.15) is 29.5 Å². The van der Waals surface area contributed by atoms with Gasteiger partial charge in [-0.3, -0.25) is 4.79 Å². The number of imidazole rings is 1. The summed E-state index contributed by atoms with van der Waals surface area (Å²) in [7, 11) is 0. The molecule has 1 N–H and O–H groups in total. The van der Waals surface area contributed by atoms with Crippen molar-refractivity contribution in [3.63, 3.8) is 0 Å². The van der Waals surface area contributed by atoms with E-state index in [4.69, 9.17) is 4.74 Å². The van der Waals surface area contributed by atoms with Gasteiger partial charge >= 0.3 is 0 Å². The number of alkyl halides is 1. The highest BCUT2D eigenvalue weighted by Crippen LogP contribution is 2.16. The van der Waals surface area contributed by atoms with Crippen LogP contribution in [0.3, 0.4) is 0 Å². The first-order chi connectivity index (χ1) is 11.7. The minimum atomic E-state index is -0.758. The number of carbonyl (C=O) groups is 1. The highest BCUT2D eigenvalue weighted by molar-refractivity contribution is 5.76. The van der Waals surface area contributed by atoms with Crippen molar-refractivity contribution in [2.75, 3.05) is 13.3 Å². The van der Waals surface area contributed by atoms with E-state index in [-0.39, 0.29) is 12.3 Å². The van der Waals surface area contributed by atoms with Crippen LogP contribution < -0.4 is 5.32 Å². The Morgan fingerprint density at radius 3 is 2.92 bits per heavy atom. The van der Waals surface area contributed by atoms with Crippen molar-refractivity contribution in [3.8, 4) is 0 Å². The maximum Gasteiger partial charge on any atom is 0.220 e. The molecule has 0 bridgehead atoms. The van der Waals surface area contributed by atoms with Gasteiger partial charge in [0.1, 0.15) is 24.9 Å². The Morgan fingerprint density at radius 1 is 1.38 bits per heavy atom. The van der Waals surface area contributed by atoms with Crippen LogP contribution in [0, 0.1) is 5.82 Å². The molecule has 0 aliphatic carbocycles. The smallest absolute Gasteiger partial charge is 0.220 e. The number of amides is 1. The zero-order valence-electron chi connectivity index (χ0n) is 13.2. The number of ether oxygens (including phenoxy) is 1. The molecule has 1 atom stereocenters. The quantitative estimate of drug-likeness (QED) is 0.881. The Morgan fingerprint density at radius 2 is 2.17 bits per heavy atom. The van der Waals surface area contributed by atoms with Crippen LogP contribution in [0.2, 0.25) is 0 Å². The number of hydrogen-bond donors (Lipinski definition) is 1. The van der Waals surface area contributed by atoms with Gasteiger partial charge in [0, 0.05) is 24.9 Å². The van der Waals surface area contributed by atoms with E-state index in [1.165, 1.54) is 24.3 Å². The van der Waals surface area contributed by atoms with Crippen molar-refractivity contribution in [1.29, 1.82) is 0 Å². The van der Waals surface area contributed by atoms with Gasteiger partial charge in [0.15, 0.2) is 0 Å². The first-order valence-corrected chi connectivity index (χ1v) is 7.89. The molecule has 0 fully saturated rings. The fourth-order valence-electron chi connectivity index (χ4n) is 2.78. The Labute approximate surface area is 138 Å². The number of nitrogens with one attached hydrogen (secondary N) is 1. The highest BCUT2D eigenvalue weighted by Gasteiger charge is 2.17. The van der Waals surface area contributed by atoms with Crippen molar-refractivity contribution in [2.24, 2.45) is 0 Å². The van der Waals surface area contributed by atoms with Crippen molar-refractivity contribution >= 4 is 5.91 Å². The largest absolute Gasteiger partial charge is 0.372 e. The van der Waals surface area contributed by atoms with Crippen molar-refractivity contribution < 1.29 is 18.3 Å². The van der Waals surface area contributed by atoms with Gasteiger partial charge in [-0.15, -0.1) is 0 Å². The molecule has 1 aliphatic heterocycles. The standard InChI is InChI=1S/C17H19F2N3O2/c18-9-15(12-1-3-13(19)4-2-12)21-17(23)6-5-14-10-20-16-11-24-8-7-22(14)16/h1-4,10,15H,5-9,11H2,(H,21,23). The number of halogens is 2. The van der Waals surface area contributed by atoms with Crippen LogP contribution in [0.25, 0.3) is 0 Å². The fourth-order valence-corrected chi connectivity index (χ4v) is 2.78. The van der Waals surface area contributed by atoms with Gasteiger partial charge in [0.2, 0.25) is 5.91 Å². The number of aromatic nitrogens is 2. The van der Waals surface area contributed by atoms with E-state index < -0.39 is 18.5 Å². The number of carbonyl (C=O) groups excluding carboxylic acids is 1. The summed E-state index contributed by atoms with van der Waals surface area (Å²) in [4.78, 5) is 16.4. The van der Waals surface area contributed by atoms with E-state index in [0.29, 0.717) is 25.2 Å². The first kappa shape index (κ1) is 16.6. The maximum absolute atomic E-state index is 13.2. The molecular weight excluding hydrogens is 316 g/mol. The molecule has 2 aromatic rings. The zero-order chi connectivity index (χ0) is 16.9. The second-order valence-electron chi connectivity index (χ2n) is 5.70. The number of rotatable bonds is 6. The third-order valence-electron chi connectivity index (χ3n) is 4.08. The molecule has 7 heteroatoms. The summed E-state index contributed by atoms with van der Waals surface area (Å²) in [5.74, 6) is 0.228. The van der Waals surface area contributed by atoms with Gasteiger partial charge in [-0.2, -0.15) is 0 Å². The molecule has 0 spiro atoms. The van der Waals surface area contributed by atoms with E-state index in [9.17, 15) is 13.6 Å². The third-order valence-corrected chi connectivity index (χ3v) is 4.08. The molecule has 5 nitrogen and oxygen atoms in total. The summed E-state index contributed by atoms with van der Waals surface area (Å²) in [6.45, 7) is 1.11. The summed E-state index contributed by atoms with van der Waals surface area (Å²) in [6.07, 6.45) is 2.52. The summed E-state index contributed by atoms with van der Waals surface area (Å²) in [5.41, 5.74) is 1.52. The average molecular weight is 335 g/mol. The molecule has 24 heavy (non-hydrogen) atoms. The lowest BCUT2D eigenvalue weighted by atomic mass is 10.1. The lowest BCUT2D eigenvalue weighted by Crippen LogP contribution is -2.30. The van der Waals surface area contributed by atoms with E-state index >= 15 is 0 Å². The Hall–Kier alpha value is -2.28. The molecule has 1 amide bonds. The van der Waals surface area contributed by atoms with Gasteiger partial charge in [-0.1, -0.05) is 12.1 Å². The SMILES string of the molecule is O=C(CCc1cnc2n1CCOC2)NC(CF)c1ccc(F)cc1. The lowest BCUT2D eigenvalue weighted by molar-refractivity contribution is -0.122. The van der Waals surface area contributed by atoms with Gasteiger partial charge < -0.3 is 14.6 Å². The number of fused-ring (bicyclic) bond motifs is 1. The number of benzene rings is 1. The van der Waals surface area contributed by atoms with Gasteiger partial charge in [0.05, 0.1) is 12.6 Å². The lowest BCUT2D eigenvalue weighted by Gasteiger charge is -2.18. The number of aryl methyl sites for hydroxylation is 1. The molecule has 0 saturated carbocycles. The van der Waals surface area contributed by atoms with Crippen molar-refractivity contribution in [2.45, 2.75) is 32.0 Å². The highest BCUT2D eigenvalue weighted by atomic mass is 19.1. The normalized spacial score (nSPS) is 14.9. The molecule has 1 aliphatic rings. The fraction of sp³-hybridized carbons (Fsp3) is 0.412. The van der Waals surface area contributed by atoms with Gasteiger partial charge in [0.25, 0.3) is 0 Å². The molecule has 2 heterocycles. The average Bonchev–Trinajstić information content (AvgIpc) is 3.02. The predicted octanol–water partition coefficient (Wildman–Crippen LogP) is 2.31. The Kier molecular flexibility index (Phi) is 5.20. The third kappa shape index (κ3) is 3.79. The monoisotopic (exact) mass is 335 g/mol. The van der Waals surface area contributed by atoms with Gasteiger partial charge in [-0.05, 0) is 24.1 Å². The molecule has 3 rings (SSSR count). The molecule has 1 unspecified atom stereocenters. The van der Waals surface area contributed by atoms with Crippen LogP contribution in [0.15, 0.2) is 30.5 Å². The maximum atomic E-state index is 13.2. The summed E-state index contributed by atoms with van der Waals surface area (Å²) < 4.78 is 33.5. The molecule has 128 valence electrons. The topological polar surface area (TPSA) is 56.2 Å². The second kappa shape index (κ2) is 7.53. The van der Waals surface area contributed by atoms with Crippen LogP contribution in [0.5, 0.6) is 0 Å². The molecule has 1 aromatic heterocycles. The van der Waals surface area contributed by atoms with Crippen LogP contribution in [-0.4, -0.2) is 28.7 Å². The van der Waals surface area contributed by atoms with E-state index in [1.54, 1.807) is 6.20 Å². The van der Waals surface area contributed by atoms with E-state index in [0.717, 1.165) is 18.1 Å². The van der Waals surface area contributed by atoms with E-state index in [1.807, 2.05) is 0 Å². The molecule has 1 aromatic carbocycles. The van der Waals surface area contributed by atoms with Crippen molar-refractivity contribution in [3.05, 3.63) is 53.4 Å². The van der Waals surface area contributed by atoms with Crippen LogP contribution >= 0.6 is 0 Å². The van der Waals surface area contributed by atoms with Gasteiger partial charge in [-0.25, -0.2) is 13.8 Å². The minimum absolute atomic E-state index is 0.240. The second-order valence-corrected chi connectivity index (χ2v) is 5.70. The molecular formula is C17H19F2N3O2. The minimum Gasteiger partial charge on any atom is -0.372 e. The summed E-state index contributed by atoms with van der Waals surface area (Å²) >= 11 is 0. The van der Waals surface area contributed by atoms with Crippen LogP contribution in [-0.2, 0) is 29.1 Å². The number of nitrogens with zero attached hydrogens (tertiary/aromatic N) is 2. The van der Waals surface area contributed by atoms with Crippen LogP contribution in [0.4, 0.5) is 8.78 Å². The molecule has 0 radical (unpaired) electrons. The van der Waals surface area contributed by atoms with Crippen molar-refractivity contribution in [1.82, 2.24) is 14.9 Å². The number of hydrogen-bond acceptors (Lipinski definition) is 3. The predicted molar refractivity (Wildman–Crippen MR) is 83.5 cm³/mol. The zero-order valence-corrected chi connectivity index (χ0v) is 13.2. The summed E-state index contributed by atoms with van der Waals surface area (Å²) in [5, 5.41) is 2.65.